The number of carbonyl (C=O) groups is 1. The summed E-state index contributed by atoms with van der Waals surface area (Å²) in [4.78, 5) is 16.1. The number of likely N-dealkylation sites (N-methyl/N-ethyl adjacent to an activating group) is 2. The van der Waals surface area contributed by atoms with Crippen LogP contribution in [0.3, 0.4) is 0 Å². The maximum atomic E-state index is 13.9. The first-order valence-corrected chi connectivity index (χ1v) is 6.82. The lowest BCUT2D eigenvalue weighted by atomic mass is 10.1. The van der Waals surface area contributed by atoms with Crippen LogP contribution >= 0.6 is 0 Å². The third kappa shape index (κ3) is 3.10. The van der Waals surface area contributed by atoms with Gasteiger partial charge in [-0.1, -0.05) is 0 Å². The monoisotopic (exact) mass is 280 g/mol. The van der Waals surface area contributed by atoms with Gasteiger partial charge in [-0.2, -0.15) is 0 Å². The van der Waals surface area contributed by atoms with Gasteiger partial charge >= 0.3 is 0 Å². The Hall–Kier alpha value is -1.62. The second kappa shape index (κ2) is 6.22. The predicted molar refractivity (Wildman–Crippen MR) is 75.6 cm³/mol. The zero-order valence-corrected chi connectivity index (χ0v) is 12.2. The van der Waals surface area contributed by atoms with Gasteiger partial charge in [0, 0.05) is 25.7 Å². The van der Waals surface area contributed by atoms with Crippen LogP contribution in [-0.2, 0) is 0 Å². The van der Waals surface area contributed by atoms with Gasteiger partial charge in [0.2, 0.25) is 0 Å². The van der Waals surface area contributed by atoms with Crippen molar-refractivity contribution in [3.8, 4) is 5.75 Å². The van der Waals surface area contributed by atoms with Gasteiger partial charge in [0.15, 0.2) is 0 Å². The first-order valence-electron chi connectivity index (χ1n) is 6.82. The van der Waals surface area contributed by atoms with E-state index < -0.39 is 5.82 Å². The van der Waals surface area contributed by atoms with Crippen LogP contribution in [0.5, 0.6) is 5.75 Å². The number of methoxy groups -OCH3 is 1. The normalized spacial score (nSPS) is 19.1. The van der Waals surface area contributed by atoms with Crippen LogP contribution < -0.4 is 4.74 Å². The summed E-state index contributed by atoms with van der Waals surface area (Å²) >= 11 is 0. The molecule has 5 heteroatoms. The number of hydrogen-bond donors (Lipinski definition) is 0. The summed E-state index contributed by atoms with van der Waals surface area (Å²) in [5.74, 6) is -0.413. The van der Waals surface area contributed by atoms with E-state index in [2.05, 4.69) is 11.9 Å². The molecule has 1 unspecified atom stereocenters. The summed E-state index contributed by atoms with van der Waals surface area (Å²) < 4.78 is 18.8. The average molecular weight is 280 g/mol. The Kier molecular flexibility index (Phi) is 4.60. The van der Waals surface area contributed by atoms with Crippen molar-refractivity contribution in [3.05, 3.63) is 29.6 Å². The number of carbonyl (C=O) groups excluding carboxylic acids is 1. The molecule has 1 aliphatic heterocycles. The molecular formula is C15H21FN2O2. The highest BCUT2D eigenvalue weighted by Crippen LogP contribution is 2.19. The minimum atomic E-state index is -0.541. The Bertz CT molecular complexity index is 493. The van der Waals surface area contributed by atoms with E-state index in [9.17, 15) is 9.18 Å². The number of nitrogens with zero attached hydrogens (tertiary/aromatic N) is 2. The molecule has 1 aromatic carbocycles. The smallest absolute Gasteiger partial charge is 0.256 e. The molecule has 110 valence electrons. The molecule has 0 bridgehead atoms. The van der Waals surface area contributed by atoms with E-state index in [1.807, 2.05) is 0 Å². The van der Waals surface area contributed by atoms with E-state index in [1.165, 1.54) is 19.2 Å². The fourth-order valence-electron chi connectivity index (χ4n) is 2.61. The molecule has 0 saturated carbocycles. The minimum Gasteiger partial charge on any atom is -0.497 e. The van der Waals surface area contributed by atoms with Gasteiger partial charge in [-0.3, -0.25) is 4.79 Å². The van der Waals surface area contributed by atoms with Crippen molar-refractivity contribution in [3.63, 3.8) is 0 Å². The largest absolute Gasteiger partial charge is 0.497 e. The molecule has 0 radical (unpaired) electrons. The molecule has 2 rings (SSSR count). The van der Waals surface area contributed by atoms with Crippen molar-refractivity contribution >= 4 is 5.91 Å². The highest BCUT2D eigenvalue weighted by atomic mass is 19.1. The number of benzene rings is 1. The Morgan fingerprint density at radius 2 is 2.30 bits per heavy atom. The maximum Gasteiger partial charge on any atom is 0.256 e. The lowest BCUT2D eigenvalue weighted by Crippen LogP contribution is -2.39. The molecule has 1 saturated heterocycles. The van der Waals surface area contributed by atoms with E-state index in [-0.39, 0.29) is 11.5 Å². The van der Waals surface area contributed by atoms with Crippen LogP contribution in [0.1, 0.15) is 23.2 Å². The highest BCUT2D eigenvalue weighted by Gasteiger charge is 2.25. The second-order valence-electron chi connectivity index (χ2n) is 5.31. The van der Waals surface area contributed by atoms with Crippen LogP contribution in [0.15, 0.2) is 18.2 Å². The Balaban J connectivity index is 2.06. The quantitative estimate of drug-likeness (QED) is 0.845. The first-order chi connectivity index (χ1) is 9.52. The fraction of sp³-hybridized carbons (Fsp3) is 0.533. The van der Waals surface area contributed by atoms with Crippen molar-refractivity contribution in [2.45, 2.75) is 18.9 Å². The molecule has 1 heterocycles. The summed E-state index contributed by atoms with van der Waals surface area (Å²) in [5.41, 5.74) is 0.0916. The number of halogens is 1. The molecule has 20 heavy (non-hydrogen) atoms. The molecular weight excluding hydrogens is 259 g/mol. The molecule has 1 atom stereocenters. The van der Waals surface area contributed by atoms with E-state index in [1.54, 1.807) is 18.0 Å². The molecule has 1 aliphatic rings. The number of amides is 1. The van der Waals surface area contributed by atoms with Gasteiger partial charge in [0.05, 0.1) is 12.7 Å². The zero-order valence-electron chi connectivity index (χ0n) is 12.2. The standard InChI is InChI=1S/C15H21FN2O2/c1-17-8-4-5-11(17)10-18(2)15(19)13-7-6-12(20-3)9-14(13)16/h6-7,9,11H,4-5,8,10H2,1-3H3. The molecule has 4 nitrogen and oxygen atoms in total. The highest BCUT2D eigenvalue weighted by molar-refractivity contribution is 5.94. The number of ether oxygens (including phenoxy) is 1. The Morgan fingerprint density at radius 1 is 1.55 bits per heavy atom. The minimum absolute atomic E-state index is 0.0916. The third-order valence-corrected chi connectivity index (χ3v) is 3.91. The first kappa shape index (κ1) is 14.8. The van der Waals surface area contributed by atoms with Crippen molar-refractivity contribution in [2.75, 3.05) is 34.3 Å². The van der Waals surface area contributed by atoms with E-state index in [0.717, 1.165) is 19.4 Å². The van der Waals surface area contributed by atoms with Gasteiger partial charge < -0.3 is 14.5 Å². The summed E-state index contributed by atoms with van der Waals surface area (Å²) in [5, 5.41) is 0. The Labute approximate surface area is 119 Å². The molecule has 1 amide bonds. The number of rotatable bonds is 4. The summed E-state index contributed by atoms with van der Waals surface area (Å²) in [6.07, 6.45) is 2.24. The van der Waals surface area contributed by atoms with Crippen molar-refractivity contribution in [1.29, 1.82) is 0 Å². The molecule has 1 fully saturated rings. The number of likely N-dealkylation sites (tertiary alicyclic amines) is 1. The van der Waals surface area contributed by atoms with Crippen molar-refractivity contribution < 1.29 is 13.9 Å². The molecule has 1 aromatic rings. The van der Waals surface area contributed by atoms with Crippen LogP contribution in [0.4, 0.5) is 4.39 Å². The van der Waals surface area contributed by atoms with Gasteiger partial charge in [0.1, 0.15) is 11.6 Å². The van der Waals surface area contributed by atoms with Crippen LogP contribution in [0, 0.1) is 5.82 Å². The van der Waals surface area contributed by atoms with Gasteiger partial charge in [0.25, 0.3) is 5.91 Å². The third-order valence-electron chi connectivity index (χ3n) is 3.91. The lowest BCUT2D eigenvalue weighted by Gasteiger charge is -2.26. The second-order valence-corrected chi connectivity index (χ2v) is 5.31. The maximum absolute atomic E-state index is 13.9. The van der Waals surface area contributed by atoms with Crippen molar-refractivity contribution in [1.82, 2.24) is 9.80 Å². The summed E-state index contributed by atoms with van der Waals surface area (Å²) in [6, 6.07) is 4.69. The molecule has 0 spiro atoms. The van der Waals surface area contributed by atoms with Gasteiger partial charge in [-0.05, 0) is 38.6 Å². The summed E-state index contributed by atoms with van der Waals surface area (Å²) in [6.45, 7) is 1.68. The molecule has 0 aliphatic carbocycles. The molecule has 0 aromatic heterocycles. The average Bonchev–Trinajstić information content (AvgIpc) is 2.83. The SMILES string of the molecule is COc1ccc(C(=O)N(C)CC2CCCN2C)c(F)c1. The van der Waals surface area contributed by atoms with E-state index >= 15 is 0 Å². The lowest BCUT2D eigenvalue weighted by molar-refractivity contribution is 0.0757. The van der Waals surface area contributed by atoms with Gasteiger partial charge in [-0.25, -0.2) is 4.39 Å². The van der Waals surface area contributed by atoms with Crippen LogP contribution in [0.25, 0.3) is 0 Å². The summed E-state index contributed by atoms with van der Waals surface area (Å²) in [7, 11) is 5.25. The topological polar surface area (TPSA) is 32.8 Å². The van der Waals surface area contributed by atoms with E-state index in [4.69, 9.17) is 4.74 Å². The van der Waals surface area contributed by atoms with E-state index in [0.29, 0.717) is 18.3 Å². The fourth-order valence-corrected chi connectivity index (χ4v) is 2.61. The zero-order chi connectivity index (χ0) is 14.7. The van der Waals surface area contributed by atoms with Crippen LogP contribution in [-0.4, -0.2) is 56.0 Å². The number of hydrogen-bond acceptors (Lipinski definition) is 3. The predicted octanol–water partition coefficient (Wildman–Crippen LogP) is 2.00. The van der Waals surface area contributed by atoms with Crippen molar-refractivity contribution in [2.24, 2.45) is 0 Å². The Morgan fingerprint density at radius 3 is 2.85 bits per heavy atom. The van der Waals surface area contributed by atoms with Crippen LogP contribution in [0.2, 0.25) is 0 Å². The molecule has 0 N–H and O–H groups in total. The van der Waals surface area contributed by atoms with Gasteiger partial charge in [-0.15, -0.1) is 0 Å².